The van der Waals surface area contributed by atoms with Crippen LogP contribution in [0.4, 0.5) is 0 Å². The first-order chi connectivity index (χ1) is 17.3. The van der Waals surface area contributed by atoms with Crippen molar-refractivity contribution in [2.24, 2.45) is 0 Å². The van der Waals surface area contributed by atoms with E-state index in [1.165, 1.54) is 21.5 Å². The van der Waals surface area contributed by atoms with Crippen molar-refractivity contribution >= 4 is 34.8 Å². The predicted octanol–water partition coefficient (Wildman–Crippen LogP) is 5.94. The molecule has 0 saturated heterocycles. The maximum Gasteiger partial charge on any atom is 0.118 e. The zero-order chi connectivity index (χ0) is 25.7. The van der Waals surface area contributed by atoms with Crippen LogP contribution in [0.5, 0.6) is 5.75 Å². The molecule has 36 heavy (non-hydrogen) atoms. The number of hydrogen-bond acceptors (Lipinski definition) is 2. The van der Waals surface area contributed by atoms with Crippen LogP contribution in [0, 0.1) is 0 Å². The van der Waals surface area contributed by atoms with Crippen molar-refractivity contribution in [3.63, 3.8) is 0 Å². The molecule has 0 N–H and O–H groups in total. The molecule has 0 aromatic heterocycles. The molecule has 0 aliphatic heterocycles. The van der Waals surface area contributed by atoms with Crippen molar-refractivity contribution in [1.29, 1.82) is 0 Å². The number of hydrogen-bond donors (Lipinski definition) is 0. The first-order valence-corrected chi connectivity index (χ1v) is 14.5. The minimum absolute atomic E-state index is 0.190. The van der Waals surface area contributed by atoms with Crippen molar-refractivity contribution in [3.05, 3.63) is 120 Å². The van der Waals surface area contributed by atoms with E-state index in [0.717, 1.165) is 11.3 Å². The lowest BCUT2D eigenvalue weighted by Gasteiger charge is -2.35. The molecule has 186 valence electrons. The van der Waals surface area contributed by atoms with Crippen LogP contribution < -0.4 is 20.7 Å². The second kappa shape index (κ2) is 11.5. The van der Waals surface area contributed by atoms with Crippen molar-refractivity contribution in [2.45, 2.75) is 31.6 Å². The van der Waals surface area contributed by atoms with E-state index in [1.54, 1.807) is 7.11 Å². The lowest BCUT2D eigenvalue weighted by Crippen LogP contribution is -2.39. The zero-order valence-corrected chi connectivity index (χ0v) is 23.3. The maximum atomic E-state index is 13.7. The predicted molar refractivity (Wildman–Crippen MR) is 156 cm³/mol. The van der Waals surface area contributed by atoms with Gasteiger partial charge in [-0.1, -0.05) is 97.1 Å². The third-order valence-electron chi connectivity index (χ3n) is 6.08. The second-order valence-electron chi connectivity index (χ2n) is 9.65. The van der Waals surface area contributed by atoms with Crippen molar-refractivity contribution in [3.8, 4) is 5.75 Å². The molecule has 0 aliphatic carbocycles. The van der Waals surface area contributed by atoms with Crippen LogP contribution >= 0.6 is 7.92 Å². The summed E-state index contributed by atoms with van der Waals surface area (Å²) in [5.41, 5.74) is 2.25. The Hall–Kier alpha value is -2.78. The Morgan fingerprint density at radius 3 is 1.75 bits per heavy atom. The highest BCUT2D eigenvalue weighted by molar-refractivity contribution is 7.84. The van der Waals surface area contributed by atoms with E-state index in [0.29, 0.717) is 0 Å². The number of nitrogens with zero attached hydrogens (tertiary/aromatic N) is 1. The fourth-order valence-corrected chi connectivity index (χ4v) is 8.18. The Bertz CT molecular complexity index is 1250. The SMILES string of the molecule is COc1ccc(C(c2ccccc2P(c2ccccc2)c2ccccc2)N(C)S(=O)C(C)(C)C)cc1. The van der Waals surface area contributed by atoms with E-state index < -0.39 is 23.7 Å². The highest BCUT2D eigenvalue weighted by Gasteiger charge is 2.33. The van der Waals surface area contributed by atoms with E-state index in [-0.39, 0.29) is 6.04 Å². The van der Waals surface area contributed by atoms with Gasteiger partial charge in [-0.15, -0.1) is 0 Å². The molecule has 0 heterocycles. The lowest BCUT2D eigenvalue weighted by atomic mass is 9.98. The zero-order valence-electron chi connectivity index (χ0n) is 21.6. The van der Waals surface area contributed by atoms with Gasteiger partial charge < -0.3 is 4.74 Å². The van der Waals surface area contributed by atoms with Gasteiger partial charge in [-0.25, -0.2) is 8.51 Å². The Labute approximate surface area is 219 Å². The monoisotopic (exact) mass is 515 g/mol. The van der Waals surface area contributed by atoms with E-state index >= 15 is 0 Å². The van der Waals surface area contributed by atoms with E-state index in [1.807, 2.05) is 44.3 Å². The van der Waals surface area contributed by atoms with Gasteiger partial charge >= 0.3 is 0 Å². The van der Waals surface area contributed by atoms with Crippen molar-refractivity contribution in [2.75, 3.05) is 14.2 Å². The molecule has 2 unspecified atom stereocenters. The summed E-state index contributed by atoms with van der Waals surface area (Å²) in [4.78, 5) is 0. The Kier molecular flexibility index (Phi) is 8.41. The Balaban J connectivity index is 1.94. The van der Waals surface area contributed by atoms with Gasteiger partial charge in [0.25, 0.3) is 0 Å². The molecule has 2 atom stereocenters. The van der Waals surface area contributed by atoms with Crippen LogP contribution in [0.1, 0.15) is 37.9 Å². The van der Waals surface area contributed by atoms with Crippen molar-refractivity contribution in [1.82, 2.24) is 4.31 Å². The van der Waals surface area contributed by atoms with E-state index in [9.17, 15) is 4.21 Å². The molecule has 0 bridgehead atoms. The van der Waals surface area contributed by atoms with Crippen LogP contribution in [0.25, 0.3) is 0 Å². The Morgan fingerprint density at radius 2 is 1.25 bits per heavy atom. The van der Waals surface area contributed by atoms with Crippen LogP contribution in [-0.2, 0) is 11.0 Å². The molecule has 4 rings (SSSR count). The van der Waals surface area contributed by atoms with Gasteiger partial charge in [0, 0.05) is 7.05 Å². The third kappa shape index (κ3) is 5.78. The lowest BCUT2D eigenvalue weighted by molar-refractivity contribution is 0.413. The standard InChI is InChI=1S/C31H34NO2PS/c1-31(2,3)36(33)32(4)30(24-20-22-25(34-5)23-21-24)28-18-12-13-19-29(28)35(26-14-8-6-9-15-26)27-16-10-7-11-17-27/h6-23,30H,1-5H3. The number of methoxy groups -OCH3 is 1. The molecule has 0 radical (unpaired) electrons. The van der Waals surface area contributed by atoms with Gasteiger partial charge in [-0.3, -0.25) is 0 Å². The van der Waals surface area contributed by atoms with Gasteiger partial charge in [-0.2, -0.15) is 0 Å². The normalized spacial score (nSPS) is 13.5. The van der Waals surface area contributed by atoms with Crippen LogP contribution in [0.2, 0.25) is 0 Å². The molecular formula is C31H34NO2PS. The fourth-order valence-electron chi connectivity index (χ4n) is 4.40. The van der Waals surface area contributed by atoms with Gasteiger partial charge in [0.15, 0.2) is 0 Å². The molecule has 0 saturated carbocycles. The summed E-state index contributed by atoms with van der Waals surface area (Å²) in [7, 11) is 1.61. The van der Waals surface area contributed by atoms with Gasteiger partial charge in [0.05, 0.1) is 17.9 Å². The van der Waals surface area contributed by atoms with Gasteiger partial charge in [-0.05, 0) is 67.9 Å². The first kappa shape index (κ1) is 26.3. The molecule has 0 spiro atoms. The Morgan fingerprint density at radius 1 is 0.750 bits per heavy atom. The highest BCUT2D eigenvalue weighted by Crippen LogP contribution is 2.39. The average molecular weight is 516 g/mol. The molecule has 4 aromatic rings. The van der Waals surface area contributed by atoms with E-state index in [4.69, 9.17) is 4.74 Å². The summed E-state index contributed by atoms with van der Waals surface area (Å²) >= 11 is 0. The summed E-state index contributed by atoms with van der Waals surface area (Å²) in [6, 6.07) is 38.0. The summed E-state index contributed by atoms with van der Waals surface area (Å²) in [5, 5.41) is 3.85. The largest absolute Gasteiger partial charge is 0.497 e. The summed E-state index contributed by atoms with van der Waals surface area (Å²) in [6.07, 6.45) is 0. The topological polar surface area (TPSA) is 29.5 Å². The minimum Gasteiger partial charge on any atom is -0.497 e. The molecule has 4 aromatic carbocycles. The smallest absolute Gasteiger partial charge is 0.118 e. The summed E-state index contributed by atoms with van der Waals surface area (Å²) in [5.74, 6) is 0.807. The molecule has 0 aliphatic rings. The van der Waals surface area contributed by atoms with Gasteiger partial charge in [0.2, 0.25) is 0 Å². The highest BCUT2D eigenvalue weighted by atomic mass is 32.2. The van der Waals surface area contributed by atoms with E-state index in [2.05, 4.69) is 97.1 Å². The number of rotatable bonds is 8. The third-order valence-corrected chi connectivity index (χ3v) is 10.4. The molecular weight excluding hydrogens is 481 g/mol. The minimum atomic E-state index is -1.22. The van der Waals surface area contributed by atoms with Gasteiger partial charge in [0.1, 0.15) is 16.7 Å². The summed E-state index contributed by atoms with van der Waals surface area (Å²) in [6.45, 7) is 6.08. The summed E-state index contributed by atoms with van der Waals surface area (Å²) < 4.78 is 20.8. The van der Waals surface area contributed by atoms with Crippen LogP contribution in [0.3, 0.4) is 0 Å². The molecule has 0 fully saturated rings. The fraction of sp³-hybridized carbons (Fsp3) is 0.226. The number of ether oxygens (including phenoxy) is 1. The molecule has 5 heteroatoms. The van der Waals surface area contributed by atoms with Crippen LogP contribution in [0.15, 0.2) is 109 Å². The second-order valence-corrected chi connectivity index (χ2v) is 14.1. The van der Waals surface area contributed by atoms with Crippen molar-refractivity contribution < 1.29 is 8.95 Å². The maximum absolute atomic E-state index is 13.7. The van der Waals surface area contributed by atoms with Crippen LogP contribution in [-0.4, -0.2) is 27.4 Å². The molecule has 0 amide bonds. The number of benzene rings is 4. The quantitative estimate of drug-likeness (QED) is 0.272. The first-order valence-electron chi connectivity index (χ1n) is 12.1. The average Bonchev–Trinajstić information content (AvgIpc) is 2.90. The molecule has 3 nitrogen and oxygen atoms in total.